The van der Waals surface area contributed by atoms with Gasteiger partial charge in [-0.2, -0.15) is 0 Å². The van der Waals surface area contributed by atoms with E-state index in [0.29, 0.717) is 0 Å². The summed E-state index contributed by atoms with van der Waals surface area (Å²) in [5, 5.41) is 0. The molecule has 2 heteroatoms. The maximum Gasteiger partial charge on any atom is 0.125 e. The minimum atomic E-state index is -0.0998. The molecule has 1 heterocycles. The monoisotopic (exact) mass is 178 g/mol. The summed E-state index contributed by atoms with van der Waals surface area (Å²) in [5.74, 6) is 0.922. The molecular weight excluding hydrogens is 164 g/mol. The molecule has 0 amide bonds. The SMILES string of the molecule is COc1ccc(C)cc1C1(C)CO1. The molecular formula is C11H14O2. The van der Waals surface area contributed by atoms with Crippen molar-refractivity contribution in [3.63, 3.8) is 0 Å². The first-order chi connectivity index (χ1) is 6.15. The predicted octanol–water partition coefficient (Wildman–Crippen LogP) is 2.25. The summed E-state index contributed by atoms with van der Waals surface area (Å²) >= 11 is 0. The molecule has 1 atom stereocenters. The van der Waals surface area contributed by atoms with E-state index < -0.39 is 0 Å². The van der Waals surface area contributed by atoms with E-state index in [1.807, 2.05) is 12.1 Å². The Bertz CT molecular complexity index is 327. The molecule has 0 saturated carbocycles. The van der Waals surface area contributed by atoms with Crippen LogP contribution < -0.4 is 4.74 Å². The Morgan fingerprint density at radius 3 is 2.69 bits per heavy atom. The van der Waals surface area contributed by atoms with Crippen LogP contribution in [0.4, 0.5) is 0 Å². The van der Waals surface area contributed by atoms with Gasteiger partial charge in [-0.05, 0) is 26.0 Å². The van der Waals surface area contributed by atoms with Gasteiger partial charge in [0.05, 0.1) is 13.7 Å². The van der Waals surface area contributed by atoms with Crippen LogP contribution in [-0.2, 0) is 10.3 Å². The Kier molecular flexibility index (Phi) is 1.81. The van der Waals surface area contributed by atoms with Crippen molar-refractivity contribution in [2.24, 2.45) is 0 Å². The molecule has 1 saturated heterocycles. The number of epoxide rings is 1. The second-order valence-electron chi connectivity index (χ2n) is 3.72. The molecule has 1 aromatic carbocycles. The molecule has 2 rings (SSSR count). The molecule has 1 unspecified atom stereocenters. The molecule has 0 spiro atoms. The van der Waals surface area contributed by atoms with Crippen LogP contribution in [0.5, 0.6) is 5.75 Å². The lowest BCUT2D eigenvalue weighted by Crippen LogP contribution is -2.05. The molecule has 0 N–H and O–H groups in total. The Morgan fingerprint density at radius 2 is 2.15 bits per heavy atom. The van der Waals surface area contributed by atoms with E-state index >= 15 is 0 Å². The van der Waals surface area contributed by atoms with Crippen LogP contribution in [0.1, 0.15) is 18.1 Å². The Hall–Kier alpha value is -1.02. The van der Waals surface area contributed by atoms with Crippen molar-refractivity contribution in [2.45, 2.75) is 19.4 Å². The van der Waals surface area contributed by atoms with E-state index in [9.17, 15) is 0 Å². The Labute approximate surface area is 78.5 Å². The topological polar surface area (TPSA) is 21.8 Å². The summed E-state index contributed by atoms with van der Waals surface area (Å²) in [7, 11) is 1.69. The molecule has 0 aliphatic carbocycles. The Morgan fingerprint density at radius 1 is 1.46 bits per heavy atom. The van der Waals surface area contributed by atoms with Crippen molar-refractivity contribution >= 4 is 0 Å². The van der Waals surface area contributed by atoms with E-state index in [1.165, 1.54) is 5.56 Å². The number of rotatable bonds is 2. The number of benzene rings is 1. The molecule has 0 bridgehead atoms. The highest BCUT2D eigenvalue weighted by Gasteiger charge is 2.43. The first kappa shape index (κ1) is 8.57. The van der Waals surface area contributed by atoms with Gasteiger partial charge < -0.3 is 9.47 Å². The van der Waals surface area contributed by atoms with Gasteiger partial charge >= 0.3 is 0 Å². The number of hydrogen-bond donors (Lipinski definition) is 0. The van der Waals surface area contributed by atoms with Gasteiger partial charge in [0, 0.05) is 5.56 Å². The normalized spacial score (nSPS) is 25.8. The van der Waals surface area contributed by atoms with Crippen molar-refractivity contribution in [1.29, 1.82) is 0 Å². The fraction of sp³-hybridized carbons (Fsp3) is 0.455. The third-order valence-corrected chi connectivity index (χ3v) is 2.50. The summed E-state index contributed by atoms with van der Waals surface area (Å²) < 4.78 is 10.7. The van der Waals surface area contributed by atoms with Crippen molar-refractivity contribution in [1.82, 2.24) is 0 Å². The van der Waals surface area contributed by atoms with Gasteiger partial charge in [0.2, 0.25) is 0 Å². The lowest BCUT2D eigenvalue weighted by molar-refractivity contribution is 0.316. The third kappa shape index (κ3) is 1.42. The lowest BCUT2D eigenvalue weighted by Gasteiger charge is -2.12. The maximum atomic E-state index is 5.40. The van der Waals surface area contributed by atoms with Crippen molar-refractivity contribution < 1.29 is 9.47 Å². The molecule has 1 aliphatic heterocycles. The van der Waals surface area contributed by atoms with Gasteiger partial charge in [-0.1, -0.05) is 11.6 Å². The van der Waals surface area contributed by atoms with E-state index in [4.69, 9.17) is 9.47 Å². The number of aryl methyl sites for hydroxylation is 1. The van der Waals surface area contributed by atoms with Crippen LogP contribution in [0.25, 0.3) is 0 Å². The summed E-state index contributed by atoms with van der Waals surface area (Å²) in [6, 6.07) is 6.18. The van der Waals surface area contributed by atoms with Gasteiger partial charge in [-0.15, -0.1) is 0 Å². The maximum absolute atomic E-state index is 5.40. The van der Waals surface area contributed by atoms with Gasteiger partial charge in [-0.25, -0.2) is 0 Å². The first-order valence-electron chi connectivity index (χ1n) is 4.45. The summed E-state index contributed by atoms with van der Waals surface area (Å²) in [6.07, 6.45) is 0. The lowest BCUT2D eigenvalue weighted by atomic mass is 9.99. The second-order valence-corrected chi connectivity index (χ2v) is 3.72. The molecule has 70 valence electrons. The molecule has 0 aromatic heterocycles. The van der Waals surface area contributed by atoms with Crippen LogP contribution in [-0.4, -0.2) is 13.7 Å². The minimum Gasteiger partial charge on any atom is -0.496 e. The predicted molar refractivity (Wildman–Crippen MR) is 51.0 cm³/mol. The molecule has 1 aromatic rings. The van der Waals surface area contributed by atoms with Gasteiger partial charge in [0.15, 0.2) is 0 Å². The molecule has 1 fully saturated rings. The minimum absolute atomic E-state index is 0.0998. The van der Waals surface area contributed by atoms with Gasteiger partial charge in [-0.3, -0.25) is 0 Å². The second kappa shape index (κ2) is 2.74. The van der Waals surface area contributed by atoms with Crippen molar-refractivity contribution in [2.75, 3.05) is 13.7 Å². The highest BCUT2D eigenvalue weighted by molar-refractivity contribution is 5.42. The van der Waals surface area contributed by atoms with Crippen LogP contribution >= 0.6 is 0 Å². The first-order valence-corrected chi connectivity index (χ1v) is 4.45. The zero-order valence-electron chi connectivity index (χ0n) is 8.26. The van der Waals surface area contributed by atoms with Crippen molar-refractivity contribution in [3.8, 4) is 5.75 Å². The number of hydrogen-bond acceptors (Lipinski definition) is 2. The average molecular weight is 178 g/mol. The summed E-state index contributed by atoms with van der Waals surface area (Å²) in [6.45, 7) is 4.96. The van der Waals surface area contributed by atoms with E-state index in [1.54, 1.807) is 7.11 Å². The fourth-order valence-corrected chi connectivity index (χ4v) is 1.50. The van der Waals surface area contributed by atoms with Gasteiger partial charge in [0.25, 0.3) is 0 Å². The largest absolute Gasteiger partial charge is 0.496 e. The van der Waals surface area contributed by atoms with Crippen LogP contribution in [0, 0.1) is 6.92 Å². The molecule has 2 nitrogen and oxygen atoms in total. The van der Waals surface area contributed by atoms with Crippen LogP contribution in [0.2, 0.25) is 0 Å². The highest BCUT2D eigenvalue weighted by Crippen LogP contribution is 2.42. The quantitative estimate of drug-likeness (QED) is 0.648. The van der Waals surface area contributed by atoms with E-state index in [0.717, 1.165) is 17.9 Å². The summed E-state index contributed by atoms with van der Waals surface area (Å²) in [5.41, 5.74) is 2.31. The molecule has 0 radical (unpaired) electrons. The Balaban J connectivity index is 2.47. The summed E-state index contributed by atoms with van der Waals surface area (Å²) in [4.78, 5) is 0. The highest BCUT2D eigenvalue weighted by atomic mass is 16.6. The van der Waals surface area contributed by atoms with Crippen molar-refractivity contribution in [3.05, 3.63) is 29.3 Å². The standard InChI is InChI=1S/C11H14O2/c1-8-4-5-10(12-3)9(6-8)11(2)7-13-11/h4-6H,7H2,1-3H3. The molecule has 1 aliphatic rings. The zero-order chi connectivity index (χ0) is 9.47. The van der Waals surface area contributed by atoms with Crippen LogP contribution in [0.15, 0.2) is 18.2 Å². The number of ether oxygens (including phenoxy) is 2. The third-order valence-electron chi connectivity index (χ3n) is 2.50. The number of methoxy groups -OCH3 is 1. The van der Waals surface area contributed by atoms with Crippen LogP contribution in [0.3, 0.4) is 0 Å². The van der Waals surface area contributed by atoms with E-state index in [2.05, 4.69) is 19.9 Å². The molecule has 13 heavy (non-hydrogen) atoms. The zero-order valence-corrected chi connectivity index (χ0v) is 8.26. The van der Waals surface area contributed by atoms with Gasteiger partial charge in [0.1, 0.15) is 11.4 Å². The van der Waals surface area contributed by atoms with E-state index in [-0.39, 0.29) is 5.60 Å². The smallest absolute Gasteiger partial charge is 0.125 e. The average Bonchev–Trinajstić information content (AvgIpc) is 2.85. The fourth-order valence-electron chi connectivity index (χ4n) is 1.50.